The van der Waals surface area contributed by atoms with E-state index in [1.54, 1.807) is 24.4 Å². The van der Waals surface area contributed by atoms with E-state index < -0.39 is 6.04 Å². The van der Waals surface area contributed by atoms with Gasteiger partial charge in [-0.3, -0.25) is 14.6 Å². The van der Waals surface area contributed by atoms with Crippen molar-refractivity contribution in [2.75, 3.05) is 7.11 Å². The molecule has 3 heterocycles. The lowest BCUT2D eigenvalue weighted by Crippen LogP contribution is -2.29. The predicted octanol–water partition coefficient (Wildman–Crippen LogP) is 4.56. The minimum atomic E-state index is -0.589. The van der Waals surface area contributed by atoms with E-state index in [0.717, 1.165) is 22.3 Å². The van der Waals surface area contributed by atoms with Crippen LogP contribution in [-0.4, -0.2) is 22.9 Å². The van der Waals surface area contributed by atoms with E-state index in [1.165, 1.54) is 0 Å². The van der Waals surface area contributed by atoms with Crippen molar-refractivity contribution in [1.82, 2.24) is 9.88 Å². The molecule has 0 N–H and O–H groups in total. The average Bonchev–Trinajstić information content (AvgIpc) is 3.07. The van der Waals surface area contributed by atoms with Gasteiger partial charge in [0.05, 0.1) is 24.1 Å². The minimum Gasteiger partial charge on any atom is -0.497 e. The summed E-state index contributed by atoms with van der Waals surface area (Å²) in [7, 11) is 1.59. The summed E-state index contributed by atoms with van der Waals surface area (Å²) in [6.07, 6.45) is 3.41. The average molecular weight is 426 g/mol. The number of hydrogen-bond acceptors (Lipinski definition) is 5. The van der Waals surface area contributed by atoms with Crippen molar-refractivity contribution >= 4 is 16.9 Å². The molecule has 0 unspecified atom stereocenters. The lowest BCUT2D eigenvalue weighted by atomic mass is 9.97. The van der Waals surface area contributed by atoms with Crippen LogP contribution in [0.1, 0.15) is 44.4 Å². The quantitative estimate of drug-likeness (QED) is 0.478. The molecule has 1 atom stereocenters. The van der Waals surface area contributed by atoms with E-state index in [1.807, 2.05) is 62.4 Å². The Balaban J connectivity index is 1.77. The van der Waals surface area contributed by atoms with Gasteiger partial charge in [-0.25, -0.2) is 0 Å². The molecule has 0 saturated heterocycles. The summed E-state index contributed by atoms with van der Waals surface area (Å²) in [6, 6.07) is 14.4. The fourth-order valence-electron chi connectivity index (χ4n) is 4.48. The molecule has 6 nitrogen and oxygen atoms in total. The van der Waals surface area contributed by atoms with Gasteiger partial charge in [-0.2, -0.15) is 0 Å². The van der Waals surface area contributed by atoms with Crippen LogP contribution in [0.2, 0.25) is 0 Å². The van der Waals surface area contributed by atoms with Crippen LogP contribution in [0, 0.1) is 13.8 Å². The lowest BCUT2D eigenvalue weighted by Gasteiger charge is -2.25. The zero-order chi connectivity index (χ0) is 22.4. The summed E-state index contributed by atoms with van der Waals surface area (Å²) in [5.41, 5.74) is 4.10. The third-order valence-electron chi connectivity index (χ3n) is 5.88. The van der Waals surface area contributed by atoms with Gasteiger partial charge in [0, 0.05) is 18.9 Å². The third-order valence-corrected chi connectivity index (χ3v) is 5.88. The maximum atomic E-state index is 13.7. The molecule has 0 bridgehead atoms. The van der Waals surface area contributed by atoms with Crippen molar-refractivity contribution in [3.05, 3.63) is 105 Å². The van der Waals surface area contributed by atoms with Gasteiger partial charge in [-0.15, -0.1) is 0 Å². The molecular weight excluding hydrogens is 404 g/mol. The number of methoxy groups -OCH3 is 1. The number of amides is 1. The summed E-state index contributed by atoms with van der Waals surface area (Å²) >= 11 is 0. The molecule has 1 aliphatic heterocycles. The number of benzene rings is 2. The monoisotopic (exact) mass is 426 g/mol. The normalized spacial score (nSPS) is 15.3. The molecule has 1 aliphatic rings. The molecular formula is C26H22N2O4. The van der Waals surface area contributed by atoms with E-state index >= 15 is 0 Å². The van der Waals surface area contributed by atoms with E-state index in [4.69, 9.17) is 9.15 Å². The topological polar surface area (TPSA) is 72.6 Å². The van der Waals surface area contributed by atoms with Gasteiger partial charge in [-0.1, -0.05) is 24.3 Å². The molecule has 2 aromatic heterocycles. The van der Waals surface area contributed by atoms with E-state index in [9.17, 15) is 9.59 Å². The second kappa shape index (κ2) is 7.64. The maximum absolute atomic E-state index is 13.7. The molecule has 160 valence electrons. The van der Waals surface area contributed by atoms with Gasteiger partial charge in [0.25, 0.3) is 5.91 Å². The number of ether oxygens (including phenoxy) is 1. The number of hydrogen-bond donors (Lipinski definition) is 0. The molecule has 1 amide bonds. The van der Waals surface area contributed by atoms with Crippen molar-refractivity contribution in [3.63, 3.8) is 0 Å². The van der Waals surface area contributed by atoms with E-state index in [0.29, 0.717) is 28.8 Å². The number of pyridine rings is 1. The Labute approximate surface area is 185 Å². The lowest BCUT2D eigenvalue weighted by molar-refractivity contribution is 0.0714. The summed E-state index contributed by atoms with van der Waals surface area (Å²) in [5.74, 6) is 0.448. The molecule has 0 spiro atoms. The zero-order valence-electron chi connectivity index (χ0n) is 18.1. The number of fused-ring (bicyclic) bond motifs is 2. The Kier molecular flexibility index (Phi) is 4.78. The third kappa shape index (κ3) is 3.15. The Morgan fingerprint density at radius 3 is 2.69 bits per heavy atom. The van der Waals surface area contributed by atoms with Crippen LogP contribution in [0.5, 0.6) is 5.75 Å². The van der Waals surface area contributed by atoms with Gasteiger partial charge < -0.3 is 14.1 Å². The fraction of sp³-hybridized carbons (Fsp3) is 0.192. The van der Waals surface area contributed by atoms with Gasteiger partial charge in [0.15, 0.2) is 5.43 Å². The standard InChI is InChI=1S/C26H22N2O4/c1-15-10-16(2)24-20(11-15)23(29)21-22(18-7-4-8-19(12-18)31-3)28(26(30)25(21)32-24)14-17-6-5-9-27-13-17/h4-13,22H,14H2,1-3H3/t22-/m1/s1. The molecule has 2 aromatic carbocycles. The maximum Gasteiger partial charge on any atom is 0.291 e. The van der Waals surface area contributed by atoms with Crippen molar-refractivity contribution in [2.24, 2.45) is 0 Å². The van der Waals surface area contributed by atoms with Gasteiger partial charge >= 0.3 is 0 Å². The van der Waals surface area contributed by atoms with E-state index in [2.05, 4.69) is 4.98 Å². The first-order valence-electron chi connectivity index (χ1n) is 10.4. The van der Waals surface area contributed by atoms with Crippen LogP contribution < -0.4 is 10.2 Å². The Morgan fingerprint density at radius 1 is 1.09 bits per heavy atom. The molecule has 0 aliphatic carbocycles. The SMILES string of the molecule is COc1cccc([C@@H]2c3c(oc4c(C)cc(C)cc4c3=O)C(=O)N2Cc2cccnc2)c1. The first kappa shape index (κ1) is 20.0. The summed E-state index contributed by atoms with van der Waals surface area (Å²) < 4.78 is 11.5. The Bertz CT molecular complexity index is 1410. The van der Waals surface area contributed by atoms with Crippen molar-refractivity contribution < 1.29 is 13.9 Å². The summed E-state index contributed by atoms with van der Waals surface area (Å²) in [4.78, 5) is 33.1. The molecule has 0 radical (unpaired) electrons. The smallest absolute Gasteiger partial charge is 0.291 e. The molecule has 5 rings (SSSR count). The number of nitrogens with zero attached hydrogens (tertiary/aromatic N) is 2. The first-order chi connectivity index (χ1) is 15.5. The Hall–Kier alpha value is -3.93. The highest BCUT2D eigenvalue weighted by Crippen LogP contribution is 2.40. The first-order valence-corrected chi connectivity index (χ1v) is 10.4. The van der Waals surface area contributed by atoms with Crippen LogP contribution in [0.25, 0.3) is 11.0 Å². The second-order valence-electron chi connectivity index (χ2n) is 8.11. The van der Waals surface area contributed by atoms with Gasteiger partial charge in [-0.05, 0) is 60.4 Å². The largest absolute Gasteiger partial charge is 0.497 e. The second-order valence-corrected chi connectivity index (χ2v) is 8.11. The van der Waals surface area contributed by atoms with Gasteiger partial charge in [0.1, 0.15) is 11.3 Å². The fourth-order valence-corrected chi connectivity index (χ4v) is 4.48. The molecule has 0 saturated carbocycles. The number of aromatic nitrogens is 1. The minimum absolute atomic E-state index is 0.103. The highest BCUT2D eigenvalue weighted by molar-refractivity contribution is 5.99. The molecule has 32 heavy (non-hydrogen) atoms. The summed E-state index contributed by atoms with van der Waals surface area (Å²) in [5, 5.41) is 0.491. The van der Waals surface area contributed by atoms with Crippen LogP contribution >= 0.6 is 0 Å². The van der Waals surface area contributed by atoms with Crippen LogP contribution in [0.3, 0.4) is 0 Å². The highest BCUT2D eigenvalue weighted by atomic mass is 16.5. The van der Waals surface area contributed by atoms with E-state index in [-0.39, 0.29) is 17.1 Å². The highest BCUT2D eigenvalue weighted by Gasteiger charge is 2.43. The Morgan fingerprint density at radius 2 is 1.94 bits per heavy atom. The van der Waals surface area contributed by atoms with Crippen LogP contribution in [-0.2, 0) is 6.54 Å². The summed E-state index contributed by atoms with van der Waals surface area (Å²) in [6.45, 7) is 4.13. The van der Waals surface area contributed by atoms with Crippen LogP contribution in [0.4, 0.5) is 0 Å². The molecule has 0 fully saturated rings. The number of rotatable bonds is 4. The number of carbonyl (C=O) groups is 1. The van der Waals surface area contributed by atoms with Crippen LogP contribution in [0.15, 0.2) is 70.1 Å². The van der Waals surface area contributed by atoms with Gasteiger partial charge in [0.2, 0.25) is 5.76 Å². The molecule has 6 heteroatoms. The zero-order valence-corrected chi connectivity index (χ0v) is 18.1. The number of carbonyl (C=O) groups excluding carboxylic acids is 1. The van der Waals surface area contributed by atoms with Crippen molar-refractivity contribution in [3.8, 4) is 5.75 Å². The molecule has 4 aromatic rings. The van der Waals surface area contributed by atoms with Crippen molar-refractivity contribution in [2.45, 2.75) is 26.4 Å². The number of aryl methyl sites for hydroxylation is 2. The predicted molar refractivity (Wildman–Crippen MR) is 121 cm³/mol. The van der Waals surface area contributed by atoms with Crippen molar-refractivity contribution in [1.29, 1.82) is 0 Å².